The van der Waals surface area contributed by atoms with Gasteiger partial charge >= 0.3 is 0 Å². The first-order valence-corrected chi connectivity index (χ1v) is 7.81. The van der Waals surface area contributed by atoms with E-state index in [1.165, 1.54) is 0 Å². The molecular formula is C18H17F3N2O. The summed E-state index contributed by atoms with van der Waals surface area (Å²) in [5.41, 5.74) is 1.19. The number of benzene rings is 2. The molecule has 2 aromatic rings. The van der Waals surface area contributed by atoms with E-state index in [1.54, 1.807) is 24.3 Å². The molecule has 6 heteroatoms. The van der Waals surface area contributed by atoms with Crippen molar-refractivity contribution in [3.05, 3.63) is 59.4 Å². The minimum atomic E-state index is -1.49. The van der Waals surface area contributed by atoms with Gasteiger partial charge in [-0.25, -0.2) is 13.2 Å². The Kier molecular flexibility index (Phi) is 4.85. The Bertz CT molecular complexity index is 717. The molecule has 1 aliphatic heterocycles. The fraction of sp³-hybridized carbons (Fsp3) is 0.278. The van der Waals surface area contributed by atoms with Gasteiger partial charge in [0.2, 0.25) is 0 Å². The predicted molar refractivity (Wildman–Crippen MR) is 85.1 cm³/mol. The van der Waals surface area contributed by atoms with Crippen LogP contribution in [0.3, 0.4) is 0 Å². The lowest BCUT2D eigenvalue weighted by Crippen LogP contribution is -2.45. The molecule has 0 bridgehead atoms. The highest BCUT2D eigenvalue weighted by Crippen LogP contribution is 2.24. The molecule has 2 N–H and O–H groups in total. The average Bonchev–Trinajstić information content (AvgIpc) is 2.60. The third-order valence-corrected chi connectivity index (χ3v) is 4.10. The van der Waals surface area contributed by atoms with Crippen molar-refractivity contribution in [2.45, 2.75) is 18.9 Å². The number of piperidine rings is 1. The molecule has 0 aliphatic carbocycles. The van der Waals surface area contributed by atoms with Crippen molar-refractivity contribution in [1.82, 2.24) is 10.6 Å². The van der Waals surface area contributed by atoms with Crippen LogP contribution >= 0.6 is 0 Å². The molecule has 0 saturated carbocycles. The van der Waals surface area contributed by atoms with Crippen LogP contribution in [-0.4, -0.2) is 25.0 Å². The second-order valence-electron chi connectivity index (χ2n) is 5.85. The summed E-state index contributed by atoms with van der Waals surface area (Å²) in [6.07, 6.45) is 1.95. The standard InChI is InChI=1S/C18H17F3N2O/c19-15-8-13(9-16(20)17(15)21)11-3-5-12(6-4-11)18(24)23-14-2-1-7-22-10-14/h3-6,8-9,14,22H,1-2,7,10H2,(H,23,24)/t14-/m0/s1. The predicted octanol–water partition coefficient (Wildman–Crippen LogP) is 3.25. The van der Waals surface area contributed by atoms with Crippen molar-refractivity contribution in [3.8, 4) is 11.1 Å². The van der Waals surface area contributed by atoms with Crippen molar-refractivity contribution in [1.29, 1.82) is 0 Å². The number of rotatable bonds is 3. The molecule has 1 atom stereocenters. The second-order valence-corrected chi connectivity index (χ2v) is 5.85. The minimum Gasteiger partial charge on any atom is -0.348 e. The van der Waals surface area contributed by atoms with Crippen molar-refractivity contribution in [2.75, 3.05) is 13.1 Å². The maximum Gasteiger partial charge on any atom is 0.251 e. The van der Waals surface area contributed by atoms with E-state index in [2.05, 4.69) is 10.6 Å². The molecule has 1 fully saturated rings. The molecule has 1 amide bonds. The summed E-state index contributed by atoms with van der Waals surface area (Å²) in [7, 11) is 0. The van der Waals surface area contributed by atoms with Crippen LogP contribution in [0.5, 0.6) is 0 Å². The average molecular weight is 334 g/mol. The van der Waals surface area contributed by atoms with Crippen LogP contribution in [-0.2, 0) is 0 Å². The van der Waals surface area contributed by atoms with E-state index in [0.717, 1.165) is 38.1 Å². The summed E-state index contributed by atoms with van der Waals surface area (Å²) >= 11 is 0. The topological polar surface area (TPSA) is 41.1 Å². The van der Waals surface area contributed by atoms with Gasteiger partial charge in [0.05, 0.1) is 0 Å². The number of carbonyl (C=O) groups excluding carboxylic acids is 1. The Morgan fingerprint density at radius 1 is 1.04 bits per heavy atom. The SMILES string of the molecule is O=C(N[C@H]1CCCNC1)c1ccc(-c2cc(F)c(F)c(F)c2)cc1. The van der Waals surface area contributed by atoms with E-state index in [1.807, 2.05) is 0 Å². The molecule has 2 aromatic carbocycles. The fourth-order valence-corrected chi connectivity index (χ4v) is 2.78. The van der Waals surface area contributed by atoms with Crippen LogP contribution < -0.4 is 10.6 Å². The smallest absolute Gasteiger partial charge is 0.251 e. The van der Waals surface area contributed by atoms with Gasteiger partial charge in [0.25, 0.3) is 5.91 Å². The molecule has 1 heterocycles. The summed E-state index contributed by atoms with van der Waals surface area (Å²) in [5.74, 6) is -4.16. The molecule has 3 rings (SSSR count). The Morgan fingerprint density at radius 2 is 1.71 bits per heavy atom. The van der Waals surface area contributed by atoms with Gasteiger partial charge in [-0.2, -0.15) is 0 Å². The lowest BCUT2D eigenvalue weighted by atomic mass is 10.0. The third-order valence-electron chi connectivity index (χ3n) is 4.10. The first-order valence-electron chi connectivity index (χ1n) is 7.81. The molecule has 3 nitrogen and oxygen atoms in total. The van der Waals surface area contributed by atoms with Gasteiger partial charge in [-0.3, -0.25) is 4.79 Å². The van der Waals surface area contributed by atoms with Crippen molar-refractivity contribution < 1.29 is 18.0 Å². The summed E-state index contributed by atoms with van der Waals surface area (Å²) in [6, 6.07) is 8.30. The molecule has 0 unspecified atom stereocenters. The monoisotopic (exact) mass is 334 g/mol. The number of halogens is 3. The zero-order valence-electron chi connectivity index (χ0n) is 12.9. The minimum absolute atomic E-state index is 0.103. The largest absolute Gasteiger partial charge is 0.348 e. The molecule has 24 heavy (non-hydrogen) atoms. The van der Waals surface area contributed by atoms with E-state index in [-0.39, 0.29) is 17.5 Å². The number of hydrogen-bond donors (Lipinski definition) is 2. The van der Waals surface area contributed by atoms with Crippen LogP contribution in [0, 0.1) is 17.5 Å². The summed E-state index contributed by atoms with van der Waals surface area (Å²) < 4.78 is 39.6. The highest BCUT2D eigenvalue weighted by atomic mass is 19.2. The summed E-state index contributed by atoms with van der Waals surface area (Å²) in [4.78, 5) is 12.2. The van der Waals surface area contributed by atoms with E-state index < -0.39 is 17.5 Å². The number of nitrogens with one attached hydrogen (secondary N) is 2. The molecule has 1 saturated heterocycles. The van der Waals surface area contributed by atoms with Crippen molar-refractivity contribution in [2.24, 2.45) is 0 Å². The van der Waals surface area contributed by atoms with Crippen LogP contribution in [0.2, 0.25) is 0 Å². The zero-order valence-corrected chi connectivity index (χ0v) is 12.9. The molecule has 1 aliphatic rings. The Morgan fingerprint density at radius 3 is 2.29 bits per heavy atom. The van der Waals surface area contributed by atoms with Gasteiger partial charge in [0, 0.05) is 18.2 Å². The van der Waals surface area contributed by atoms with Crippen LogP contribution in [0.25, 0.3) is 11.1 Å². The maximum atomic E-state index is 13.3. The number of amides is 1. The third kappa shape index (κ3) is 3.59. The van der Waals surface area contributed by atoms with Crippen LogP contribution in [0.15, 0.2) is 36.4 Å². The lowest BCUT2D eigenvalue weighted by molar-refractivity contribution is 0.0930. The van der Waals surface area contributed by atoms with E-state index >= 15 is 0 Å². The molecule has 0 radical (unpaired) electrons. The Labute approximate surface area is 137 Å². The number of carbonyl (C=O) groups is 1. The first kappa shape index (κ1) is 16.5. The van der Waals surface area contributed by atoms with Gasteiger partial charge in [-0.05, 0) is 54.8 Å². The van der Waals surface area contributed by atoms with Gasteiger partial charge in [0.1, 0.15) is 0 Å². The van der Waals surface area contributed by atoms with Crippen LogP contribution in [0.1, 0.15) is 23.2 Å². The highest BCUT2D eigenvalue weighted by Gasteiger charge is 2.16. The van der Waals surface area contributed by atoms with Gasteiger partial charge in [-0.15, -0.1) is 0 Å². The molecular weight excluding hydrogens is 317 g/mol. The van der Waals surface area contributed by atoms with E-state index in [0.29, 0.717) is 11.1 Å². The fourth-order valence-electron chi connectivity index (χ4n) is 2.78. The first-order chi connectivity index (χ1) is 11.5. The molecule has 126 valence electrons. The second kappa shape index (κ2) is 7.05. The van der Waals surface area contributed by atoms with Gasteiger partial charge in [0.15, 0.2) is 17.5 Å². The van der Waals surface area contributed by atoms with E-state index in [4.69, 9.17) is 0 Å². The highest BCUT2D eigenvalue weighted by molar-refractivity contribution is 5.94. The van der Waals surface area contributed by atoms with Crippen molar-refractivity contribution >= 4 is 5.91 Å². The quantitative estimate of drug-likeness (QED) is 0.846. The summed E-state index contributed by atoms with van der Waals surface area (Å²) in [5, 5.41) is 6.17. The lowest BCUT2D eigenvalue weighted by Gasteiger charge is -2.23. The Hall–Kier alpha value is -2.34. The Balaban J connectivity index is 1.74. The summed E-state index contributed by atoms with van der Waals surface area (Å²) in [6.45, 7) is 1.71. The van der Waals surface area contributed by atoms with Crippen LogP contribution in [0.4, 0.5) is 13.2 Å². The van der Waals surface area contributed by atoms with Crippen molar-refractivity contribution in [3.63, 3.8) is 0 Å². The molecule has 0 spiro atoms. The van der Waals surface area contributed by atoms with Gasteiger partial charge < -0.3 is 10.6 Å². The van der Waals surface area contributed by atoms with Gasteiger partial charge in [-0.1, -0.05) is 12.1 Å². The zero-order chi connectivity index (χ0) is 17.1. The number of hydrogen-bond acceptors (Lipinski definition) is 2. The maximum absolute atomic E-state index is 13.3. The normalized spacial score (nSPS) is 17.5. The van der Waals surface area contributed by atoms with E-state index in [9.17, 15) is 18.0 Å². The molecule has 0 aromatic heterocycles.